The lowest BCUT2D eigenvalue weighted by Crippen LogP contribution is -2.55. The predicted octanol–water partition coefficient (Wildman–Crippen LogP) is 7.61. The Morgan fingerprint density at radius 3 is 2.30 bits per heavy atom. The zero-order valence-electron chi connectivity index (χ0n) is 28.7. The van der Waals surface area contributed by atoms with E-state index < -0.39 is 5.60 Å². The Bertz CT molecular complexity index is 1430. The van der Waals surface area contributed by atoms with Crippen LogP contribution in [0.2, 0.25) is 0 Å². The monoisotopic (exact) mass is 639 g/mol. The minimum absolute atomic E-state index is 0.0793. The number of nitrogens with zero attached hydrogens (tertiary/aromatic N) is 6. The molecule has 1 aromatic heterocycles. The van der Waals surface area contributed by atoms with Crippen LogP contribution in [0.3, 0.4) is 0 Å². The first kappa shape index (κ1) is 32.2. The fourth-order valence-electron chi connectivity index (χ4n) is 9.37. The fraction of sp³-hybridized carbons (Fsp3) is 0.684. The summed E-state index contributed by atoms with van der Waals surface area (Å²) in [5.41, 5.74) is 2.07. The van der Waals surface area contributed by atoms with Crippen molar-refractivity contribution in [2.45, 2.75) is 127 Å². The molecule has 0 radical (unpaired) electrons. The third-order valence-electron chi connectivity index (χ3n) is 11.8. The summed E-state index contributed by atoms with van der Waals surface area (Å²) in [5, 5.41) is 13.4. The maximum Gasteiger partial charge on any atom is 0.410 e. The molecule has 4 heterocycles. The van der Waals surface area contributed by atoms with Crippen LogP contribution in [0.15, 0.2) is 30.5 Å². The summed E-state index contributed by atoms with van der Waals surface area (Å²) >= 11 is 0. The van der Waals surface area contributed by atoms with Gasteiger partial charge >= 0.3 is 6.09 Å². The molecule has 1 amide bonds. The summed E-state index contributed by atoms with van der Waals surface area (Å²) in [6, 6.07) is 12.0. The molecule has 5 aliphatic rings. The van der Waals surface area contributed by atoms with Crippen molar-refractivity contribution in [1.29, 1.82) is 5.26 Å². The molecule has 1 unspecified atom stereocenters. The Kier molecular flexibility index (Phi) is 9.33. The smallest absolute Gasteiger partial charge is 0.410 e. The molecule has 9 nitrogen and oxygen atoms in total. The van der Waals surface area contributed by atoms with Crippen molar-refractivity contribution in [1.82, 2.24) is 19.8 Å². The van der Waals surface area contributed by atoms with Gasteiger partial charge in [0, 0.05) is 24.8 Å². The van der Waals surface area contributed by atoms with Gasteiger partial charge in [-0.15, -0.1) is 0 Å². The minimum atomic E-state index is -0.529. The SMILES string of the molecule is CC(C)(C)OC(=O)N1CC[C@@H]2[C@H]1CC(C1CCCC1)CN2c1cnc(C#N)c(Nc2ccc(C3CCN(C4CCCC4)CC3)cc2)n1. The first-order valence-corrected chi connectivity index (χ1v) is 18.4. The van der Waals surface area contributed by atoms with Gasteiger partial charge in [-0.25, -0.2) is 14.8 Å². The van der Waals surface area contributed by atoms with E-state index in [0.717, 1.165) is 36.9 Å². The van der Waals surface area contributed by atoms with Crippen LogP contribution in [0.4, 0.5) is 22.1 Å². The Balaban J connectivity index is 1.07. The van der Waals surface area contributed by atoms with E-state index in [1.54, 1.807) is 6.20 Å². The van der Waals surface area contributed by atoms with Crippen molar-refractivity contribution in [3.63, 3.8) is 0 Å². The van der Waals surface area contributed by atoms with Gasteiger partial charge in [0.25, 0.3) is 0 Å². The number of nitrogens with one attached hydrogen (secondary N) is 1. The van der Waals surface area contributed by atoms with Crippen molar-refractivity contribution in [2.24, 2.45) is 11.8 Å². The number of hydrogen-bond donors (Lipinski definition) is 1. The van der Waals surface area contributed by atoms with E-state index in [-0.39, 0.29) is 18.2 Å². The highest BCUT2D eigenvalue weighted by Crippen LogP contribution is 2.43. The number of benzene rings is 1. The van der Waals surface area contributed by atoms with Crippen molar-refractivity contribution in [2.75, 3.05) is 36.4 Å². The molecule has 2 saturated carbocycles. The van der Waals surface area contributed by atoms with E-state index in [1.807, 2.05) is 25.7 Å². The van der Waals surface area contributed by atoms with E-state index in [0.29, 0.717) is 35.8 Å². The van der Waals surface area contributed by atoms with Crippen LogP contribution in [-0.2, 0) is 4.74 Å². The quantitative estimate of drug-likeness (QED) is 0.345. The van der Waals surface area contributed by atoms with Crippen LogP contribution in [0.25, 0.3) is 0 Å². The van der Waals surface area contributed by atoms with Gasteiger partial charge in [-0.3, -0.25) is 0 Å². The maximum atomic E-state index is 13.3. The van der Waals surface area contributed by atoms with Crippen LogP contribution in [0, 0.1) is 23.2 Å². The van der Waals surface area contributed by atoms with Crippen LogP contribution in [0.5, 0.6) is 0 Å². The Labute approximate surface area is 281 Å². The van der Waals surface area contributed by atoms with E-state index in [4.69, 9.17) is 9.72 Å². The Morgan fingerprint density at radius 2 is 1.62 bits per heavy atom. The van der Waals surface area contributed by atoms with Gasteiger partial charge in [-0.1, -0.05) is 50.7 Å². The van der Waals surface area contributed by atoms with E-state index in [2.05, 4.69) is 50.4 Å². The predicted molar refractivity (Wildman–Crippen MR) is 185 cm³/mol. The number of carbonyl (C=O) groups is 1. The van der Waals surface area contributed by atoms with Gasteiger partial charge in [0.05, 0.1) is 18.3 Å². The lowest BCUT2D eigenvalue weighted by molar-refractivity contribution is 0.0174. The number of carbonyl (C=O) groups excluding carboxylic acids is 1. The summed E-state index contributed by atoms with van der Waals surface area (Å²) in [7, 11) is 0. The summed E-state index contributed by atoms with van der Waals surface area (Å²) in [6.07, 6.45) is 16.5. The van der Waals surface area contributed by atoms with Gasteiger partial charge in [0.1, 0.15) is 17.5 Å². The number of hydrogen-bond acceptors (Lipinski definition) is 8. The van der Waals surface area contributed by atoms with E-state index in [9.17, 15) is 10.1 Å². The average Bonchev–Trinajstić information content (AvgIpc) is 3.87. The maximum absolute atomic E-state index is 13.3. The van der Waals surface area contributed by atoms with Crippen molar-refractivity contribution in [3.05, 3.63) is 41.7 Å². The summed E-state index contributed by atoms with van der Waals surface area (Å²) in [6.45, 7) is 9.80. The number of aromatic nitrogens is 2. The number of fused-ring (bicyclic) bond motifs is 1. The molecule has 252 valence electrons. The number of anilines is 3. The van der Waals surface area contributed by atoms with Crippen molar-refractivity contribution in [3.8, 4) is 6.07 Å². The zero-order valence-corrected chi connectivity index (χ0v) is 28.7. The van der Waals surface area contributed by atoms with Gasteiger partial charge in [0.2, 0.25) is 0 Å². The first-order chi connectivity index (χ1) is 22.8. The first-order valence-electron chi connectivity index (χ1n) is 18.4. The van der Waals surface area contributed by atoms with Crippen LogP contribution in [0.1, 0.15) is 115 Å². The second-order valence-electron chi connectivity index (χ2n) is 15.8. The largest absolute Gasteiger partial charge is 0.444 e. The lowest BCUT2D eigenvalue weighted by atomic mass is 9.80. The van der Waals surface area contributed by atoms with Crippen molar-refractivity contribution < 1.29 is 9.53 Å². The van der Waals surface area contributed by atoms with E-state index in [1.165, 1.54) is 82.9 Å². The Morgan fingerprint density at radius 1 is 0.915 bits per heavy atom. The molecule has 7 rings (SSSR count). The zero-order chi connectivity index (χ0) is 32.5. The third kappa shape index (κ3) is 7.09. The molecule has 1 N–H and O–H groups in total. The standard InChI is InChI=1S/C38H53N7O2/c1-38(2,3)47-37(46)44-21-18-33-34(44)22-29(26-8-4-5-9-26)25-45(33)35-24-40-32(23-39)36(42-35)41-30-14-12-27(13-15-30)28-16-19-43(20-17-28)31-10-6-7-11-31/h12-15,24,26,28-29,31,33-34H,4-11,16-22,25H2,1-3H3,(H,41,42)/t29?,33-,34-/m1/s1. The topological polar surface area (TPSA) is 97.6 Å². The highest BCUT2D eigenvalue weighted by Gasteiger charge is 2.48. The summed E-state index contributed by atoms with van der Waals surface area (Å²) < 4.78 is 5.85. The molecule has 2 aliphatic carbocycles. The van der Waals surface area contributed by atoms with Gasteiger partial charge < -0.3 is 24.8 Å². The molecule has 3 aliphatic heterocycles. The second kappa shape index (κ2) is 13.6. The molecule has 47 heavy (non-hydrogen) atoms. The van der Waals surface area contributed by atoms with Gasteiger partial charge in [0.15, 0.2) is 11.5 Å². The molecule has 5 fully saturated rings. The fourth-order valence-corrected chi connectivity index (χ4v) is 9.37. The molecule has 9 heteroatoms. The van der Waals surface area contributed by atoms with Crippen molar-refractivity contribution >= 4 is 23.4 Å². The second-order valence-corrected chi connectivity index (χ2v) is 15.8. The number of piperidine rings is 2. The number of ether oxygens (including phenoxy) is 1. The lowest BCUT2D eigenvalue weighted by Gasteiger charge is -2.45. The molecule has 3 atom stereocenters. The molecule has 3 saturated heterocycles. The molecule has 0 bridgehead atoms. The third-order valence-corrected chi connectivity index (χ3v) is 11.8. The number of amides is 1. The van der Waals surface area contributed by atoms with Crippen LogP contribution in [-0.4, -0.2) is 75.8 Å². The van der Waals surface area contributed by atoms with Gasteiger partial charge in [-0.05, 0) is 108 Å². The number of rotatable bonds is 6. The molecular formula is C38H53N7O2. The highest BCUT2D eigenvalue weighted by atomic mass is 16.6. The highest BCUT2D eigenvalue weighted by molar-refractivity contribution is 5.70. The normalized spacial score (nSPS) is 26.4. The minimum Gasteiger partial charge on any atom is -0.444 e. The van der Waals surface area contributed by atoms with Gasteiger partial charge in [-0.2, -0.15) is 5.26 Å². The summed E-state index contributed by atoms with van der Waals surface area (Å²) in [5.74, 6) is 3.01. The van der Waals surface area contributed by atoms with Crippen LogP contribution < -0.4 is 10.2 Å². The summed E-state index contributed by atoms with van der Waals surface area (Å²) in [4.78, 5) is 30.1. The molecule has 1 aromatic carbocycles. The molecule has 0 spiro atoms. The van der Waals surface area contributed by atoms with E-state index >= 15 is 0 Å². The molecule has 2 aromatic rings. The van der Waals surface area contributed by atoms with Crippen LogP contribution >= 0.6 is 0 Å². The number of likely N-dealkylation sites (tertiary alicyclic amines) is 2. The molecular weight excluding hydrogens is 586 g/mol. The average molecular weight is 640 g/mol. The Hall–Kier alpha value is -3.38. The number of nitriles is 1.